The molecule has 1 aliphatic rings. The maximum atomic E-state index is 12.1. The van der Waals surface area contributed by atoms with E-state index in [1.54, 1.807) is 17.0 Å². The van der Waals surface area contributed by atoms with Gasteiger partial charge in [0, 0.05) is 18.1 Å². The molecule has 0 aliphatic heterocycles. The minimum atomic E-state index is -0.224. The number of nitrogens with zero attached hydrogens (tertiary/aromatic N) is 2. The van der Waals surface area contributed by atoms with Crippen LogP contribution in [0.3, 0.4) is 0 Å². The highest BCUT2D eigenvalue weighted by molar-refractivity contribution is 5.43. The third-order valence-corrected chi connectivity index (χ3v) is 3.36. The van der Waals surface area contributed by atoms with E-state index in [-0.39, 0.29) is 11.4 Å². The summed E-state index contributed by atoms with van der Waals surface area (Å²) in [5, 5.41) is 0. The molecule has 4 heteroatoms. The summed E-state index contributed by atoms with van der Waals surface area (Å²) in [6.45, 7) is 0. The summed E-state index contributed by atoms with van der Waals surface area (Å²) in [5.41, 5.74) is 3.39. The highest BCUT2D eigenvalue weighted by Gasteiger charge is 2.12. The normalized spacial score (nSPS) is 13.4. The fourth-order valence-electron chi connectivity index (χ4n) is 2.45. The number of fused-ring (bicyclic) bond motifs is 1. The second-order valence-electron chi connectivity index (χ2n) is 4.42. The molecule has 0 amide bonds. The van der Waals surface area contributed by atoms with Gasteiger partial charge in [-0.15, -0.1) is 0 Å². The molecule has 18 heavy (non-hydrogen) atoms. The number of methoxy groups -OCH3 is 1. The van der Waals surface area contributed by atoms with Crippen LogP contribution < -0.4 is 10.3 Å². The third-order valence-electron chi connectivity index (χ3n) is 3.36. The Labute approximate surface area is 105 Å². The lowest BCUT2D eigenvalue weighted by Gasteiger charge is -2.08. The van der Waals surface area contributed by atoms with E-state index in [1.165, 1.54) is 24.7 Å². The summed E-state index contributed by atoms with van der Waals surface area (Å²) < 4.78 is 6.53. The molecule has 1 aromatic heterocycles. The van der Waals surface area contributed by atoms with Crippen LogP contribution in [0.2, 0.25) is 0 Å². The molecule has 92 valence electrons. The van der Waals surface area contributed by atoms with Gasteiger partial charge < -0.3 is 4.74 Å². The zero-order chi connectivity index (χ0) is 12.5. The molecule has 0 radical (unpaired) electrons. The molecule has 0 fully saturated rings. The Morgan fingerprint density at radius 2 is 2.11 bits per heavy atom. The van der Waals surface area contributed by atoms with Crippen molar-refractivity contribution in [1.29, 1.82) is 0 Å². The summed E-state index contributed by atoms with van der Waals surface area (Å²) in [4.78, 5) is 16.0. The smallest absolute Gasteiger partial charge is 0.317 e. The molecular weight excluding hydrogens is 228 g/mol. The Balaban J connectivity index is 2.13. The number of benzene rings is 1. The van der Waals surface area contributed by atoms with E-state index in [2.05, 4.69) is 17.1 Å². The highest BCUT2D eigenvalue weighted by Crippen LogP contribution is 2.23. The molecule has 0 unspecified atom stereocenters. The Morgan fingerprint density at radius 1 is 1.28 bits per heavy atom. The molecule has 3 rings (SSSR count). The largest absolute Gasteiger partial charge is 0.477 e. The van der Waals surface area contributed by atoms with Crippen molar-refractivity contribution in [3.63, 3.8) is 0 Å². The molecule has 0 bridgehead atoms. The monoisotopic (exact) mass is 242 g/mol. The van der Waals surface area contributed by atoms with E-state index in [1.807, 2.05) is 6.07 Å². The second kappa shape index (κ2) is 4.29. The van der Waals surface area contributed by atoms with Crippen LogP contribution in [-0.2, 0) is 12.8 Å². The van der Waals surface area contributed by atoms with Gasteiger partial charge >= 0.3 is 5.56 Å². The van der Waals surface area contributed by atoms with Gasteiger partial charge in [0.15, 0.2) is 0 Å². The van der Waals surface area contributed by atoms with Crippen LogP contribution in [-0.4, -0.2) is 16.7 Å². The number of aryl methyl sites for hydroxylation is 2. The van der Waals surface area contributed by atoms with Crippen LogP contribution in [0.15, 0.2) is 35.4 Å². The van der Waals surface area contributed by atoms with E-state index in [0.717, 1.165) is 18.5 Å². The van der Waals surface area contributed by atoms with Crippen molar-refractivity contribution in [3.05, 3.63) is 52.1 Å². The highest BCUT2D eigenvalue weighted by atomic mass is 16.5. The first kappa shape index (κ1) is 11.0. The van der Waals surface area contributed by atoms with Crippen LogP contribution in [0, 0.1) is 0 Å². The molecular formula is C14H14N2O2. The average Bonchev–Trinajstić information content (AvgIpc) is 2.86. The first-order valence-corrected chi connectivity index (χ1v) is 6.03. The fraction of sp³-hybridized carbons (Fsp3) is 0.286. The summed E-state index contributed by atoms with van der Waals surface area (Å²) in [6, 6.07) is 6.17. The first-order valence-electron chi connectivity index (χ1n) is 6.03. The van der Waals surface area contributed by atoms with Crippen molar-refractivity contribution in [2.24, 2.45) is 0 Å². The topological polar surface area (TPSA) is 44.1 Å². The Morgan fingerprint density at radius 3 is 2.94 bits per heavy atom. The van der Waals surface area contributed by atoms with Gasteiger partial charge in [-0.25, -0.2) is 4.98 Å². The van der Waals surface area contributed by atoms with E-state index in [9.17, 15) is 4.79 Å². The van der Waals surface area contributed by atoms with Crippen LogP contribution in [0.4, 0.5) is 0 Å². The standard InChI is InChI=1S/C14H14N2O2/c1-18-13-14(17)16(8-7-15-13)12-6-5-10-3-2-4-11(10)9-12/h5-9H,2-4H2,1H3. The van der Waals surface area contributed by atoms with Crippen LogP contribution in [0.5, 0.6) is 5.88 Å². The van der Waals surface area contributed by atoms with Crippen molar-refractivity contribution >= 4 is 0 Å². The molecule has 1 aliphatic carbocycles. The lowest BCUT2D eigenvalue weighted by Crippen LogP contribution is -2.20. The zero-order valence-electron chi connectivity index (χ0n) is 10.2. The summed E-state index contributed by atoms with van der Waals surface area (Å²) in [6.07, 6.45) is 6.69. The lowest BCUT2D eigenvalue weighted by molar-refractivity contribution is 0.388. The van der Waals surface area contributed by atoms with Crippen LogP contribution >= 0.6 is 0 Å². The maximum Gasteiger partial charge on any atom is 0.317 e. The maximum absolute atomic E-state index is 12.1. The van der Waals surface area contributed by atoms with E-state index >= 15 is 0 Å². The molecule has 0 N–H and O–H groups in total. The van der Waals surface area contributed by atoms with E-state index < -0.39 is 0 Å². The minimum Gasteiger partial charge on any atom is -0.477 e. The quantitative estimate of drug-likeness (QED) is 0.805. The van der Waals surface area contributed by atoms with E-state index in [4.69, 9.17) is 4.74 Å². The Kier molecular flexibility index (Phi) is 2.63. The zero-order valence-corrected chi connectivity index (χ0v) is 10.2. The number of ether oxygens (including phenoxy) is 1. The second-order valence-corrected chi connectivity index (χ2v) is 4.42. The SMILES string of the molecule is COc1nccn(-c2ccc3c(c2)CCC3)c1=O. The van der Waals surface area contributed by atoms with Gasteiger partial charge in [0.05, 0.1) is 7.11 Å². The molecule has 1 aromatic carbocycles. The van der Waals surface area contributed by atoms with Crippen molar-refractivity contribution in [1.82, 2.24) is 9.55 Å². The van der Waals surface area contributed by atoms with Crippen LogP contribution in [0.25, 0.3) is 5.69 Å². The number of rotatable bonds is 2. The summed E-state index contributed by atoms with van der Waals surface area (Å²) in [7, 11) is 1.46. The lowest BCUT2D eigenvalue weighted by atomic mass is 10.1. The fourth-order valence-corrected chi connectivity index (χ4v) is 2.45. The van der Waals surface area contributed by atoms with Gasteiger partial charge in [0.1, 0.15) is 0 Å². The van der Waals surface area contributed by atoms with E-state index in [0.29, 0.717) is 0 Å². The molecule has 0 spiro atoms. The summed E-state index contributed by atoms with van der Waals surface area (Å²) >= 11 is 0. The predicted molar refractivity (Wildman–Crippen MR) is 68.4 cm³/mol. The van der Waals surface area contributed by atoms with Crippen molar-refractivity contribution in [3.8, 4) is 11.6 Å². The molecule has 0 atom stereocenters. The number of hydrogen-bond donors (Lipinski definition) is 0. The summed E-state index contributed by atoms with van der Waals surface area (Å²) in [5.74, 6) is 0.123. The van der Waals surface area contributed by atoms with Gasteiger partial charge in [-0.3, -0.25) is 9.36 Å². The predicted octanol–water partition coefficient (Wildman–Crippen LogP) is 1.73. The van der Waals surface area contributed by atoms with Crippen molar-refractivity contribution in [2.45, 2.75) is 19.3 Å². The molecule has 0 saturated carbocycles. The number of aromatic nitrogens is 2. The average molecular weight is 242 g/mol. The minimum absolute atomic E-state index is 0.123. The van der Waals surface area contributed by atoms with Gasteiger partial charge in [0.25, 0.3) is 5.88 Å². The van der Waals surface area contributed by atoms with Gasteiger partial charge in [-0.2, -0.15) is 0 Å². The Bertz CT molecular complexity index is 646. The van der Waals surface area contributed by atoms with Gasteiger partial charge in [-0.05, 0) is 42.5 Å². The van der Waals surface area contributed by atoms with Crippen molar-refractivity contribution in [2.75, 3.05) is 7.11 Å². The molecule has 2 aromatic rings. The third kappa shape index (κ3) is 1.70. The molecule has 0 saturated heterocycles. The first-order chi connectivity index (χ1) is 8.79. The Hall–Kier alpha value is -2.10. The number of hydrogen-bond acceptors (Lipinski definition) is 3. The molecule has 1 heterocycles. The molecule has 4 nitrogen and oxygen atoms in total. The van der Waals surface area contributed by atoms with Gasteiger partial charge in [0.2, 0.25) is 0 Å². The van der Waals surface area contributed by atoms with Gasteiger partial charge in [-0.1, -0.05) is 6.07 Å². The van der Waals surface area contributed by atoms with Crippen molar-refractivity contribution < 1.29 is 4.74 Å². The van der Waals surface area contributed by atoms with Crippen LogP contribution in [0.1, 0.15) is 17.5 Å².